The summed E-state index contributed by atoms with van der Waals surface area (Å²) in [5.41, 5.74) is 2.87. The van der Waals surface area contributed by atoms with Gasteiger partial charge in [0.2, 0.25) is 11.8 Å². The van der Waals surface area contributed by atoms with Crippen LogP contribution in [0.2, 0.25) is 0 Å². The number of nitrogens with zero attached hydrogens (tertiary/aromatic N) is 1. The van der Waals surface area contributed by atoms with Crippen LogP contribution in [-0.2, 0) is 9.59 Å². The molecule has 5 nitrogen and oxygen atoms in total. The van der Waals surface area contributed by atoms with E-state index in [1.807, 2.05) is 25.1 Å². The number of benzene rings is 2. The molecule has 0 spiro atoms. The van der Waals surface area contributed by atoms with Crippen molar-refractivity contribution in [2.24, 2.45) is 5.92 Å². The van der Waals surface area contributed by atoms with E-state index in [-0.39, 0.29) is 30.6 Å². The molecule has 1 fully saturated rings. The van der Waals surface area contributed by atoms with E-state index in [4.69, 9.17) is 4.74 Å². The zero-order chi connectivity index (χ0) is 18.8. The summed E-state index contributed by atoms with van der Waals surface area (Å²) in [5, 5.41) is 2.80. The van der Waals surface area contributed by atoms with E-state index in [9.17, 15) is 14.0 Å². The van der Waals surface area contributed by atoms with Gasteiger partial charge >= 0.3 is 0 Å². The van der Waals surface area contributed by atoms with Crippen molar-refractivity contribution < 1.29 is 18.7 Å². The molecule has 1 atom stereocenters. The fraction of sp³-hybridized carbons (Fsp3) is 0.300. The van der Waals surface area contributed by atoms with Gasteiger partial charge in [0.25, 0.3) is 0 Å². The number of hydrogen-bond donors (Lipinski definition) is 1. The van der Waals surface area contributed by atoms with E-state index in [2.05, 4.69) is 5.32 Å². The number of halogens is 1. The fourth-order valence-corrected chi connectivity index (χ4v) is 3.13. The van der Waals surface area contributed by atoms with Crippen LogP contribution in [0.1, 0.15) is 17.5 Å². The number of hydrogen-bond acceptors (Lipinski definition) is 3. The molecule has 6 heteroatoms. The van der Waals surface area contributed by atoms with Gasteiger partial charge in [-0.25, -0.2) is 4.39 Å². The van der Waals surface area contributed by atoms with Gasteiger partial charge in [-0.1, -0.05) is 6.07 Å². The molecule has 1 heterocycles. The smallest absolute Gasteiger partial charge is 0.229 e. The molecule has 1 N–H and O–H groups in total. The van der Waals surface area contributed by atoms with E-state index in [0.717, 1.165) is 5.56 Å². The fourth-order valence-electron chi connectivity index (χ4n) is 3.13. The Morgan fingerprint density at radius 1 is 1.23 bits per heavy atom. The van der Waals surface area contributed by atoms with Gasteiger partial charge in [-0.15, -0.1) is 0 Å². The Morgan fingerprint density at radius 2 is 2.00 bits per heavy atom. The van der Waals surface area contributed by atoms with Gasteiger partial charge in [0.15, 0.2) is 0 Å². The molecule has 0 saturated carbocycles. The lowest BCUT2D eigenvalue weighted by Gasteiger charge is -2.20. The van der Waals surface area contributed by atoms with E-state index in [0.29, 0.717) is 22.7 Å². The highest BCUT2D eigenvalue weighted by Crippen LogP contribution is 2.34. The second-order valence-corrected chi connectivity index (χ2v) is 6.53. The normalized spacial score (nSPS) is 16.7. The van der Waals surface area contributed by atoms with Gasteiger partial charge < -0.3 is 15.0 Å². The quantitative estimate of drug-likeness (QED) is 0.913. The summed E-state index contributed by atoms with van der Waals surface area (Å²) in [6.07, 6.45) is 0.128. The largest absolute Gasteiger partial charge is 0.495 e. The molecule has 0 bridgehead atoms. The third-order valence-electron chi connectivity index (χ3n) is 4.57. The number of nitrogens with one attached hydrogen (secondary N) is 1. The monoisotopic (exact) mass is 356 g/mol. The molecule has 1 aliphatic heterocycles. The van der Waals surface area contributed by atoms with Crippen LogP contribution in [0.4, 0.5) is 15.8 Å². The minimum Gasteiger partial charge on any atom is -0.495 e. The number of rotatable bonds is 4. The first-order chi connectivity index (χ1) is 12.4. The number of aryl methyl sites for hydroxylation is 2. The summed E-state index contributed by atoms with van der Waals surface area (Å²) >= 11 is 0. The van der Waals surface area contributed by atoms with Crippen LogP contribution in [0.5, 0.6) is 5.75 Å². The molecule has 136 valence electrons. The molecule has 0 unspecified atom stereocenters. The summed E-state index contributed by atoms with van der Waals surface area (Å²) in [6, 6.07) is 9.78. The van der Waals surface area contributed by atoms with Gasteiger partial charge in [0.1, 0.15) is 11.6 Å². The summed E-state index contributed by atoms with van der Waals surface area (Å²) in [5.74, 6) is -0.599. The number of carbonyl (C=O) groups is 2. The molecule has 26 heavy (non-hydrogen) atoms. The second-order valence-electron chi connectivity index (χ2n) is 6.53. The Bertz CT molecular complexity index is 866. The van der Waals surface area contributed by atoms with E-state index >= 15 is 0 Å². The van der Waals surface area contributed by atoms with Crippen LogP contribution in [0, 0.1) is 25.6 Å². The average Bonchev–Trinajstić information content (AvgIpc) is 2.99. The Kier molecular flexibility index (Phi) is 4.93. The molecule has 3 rings (SSSR count). The number of carbonyl (C=O) groups excluding carboxylic acids is 2. The van der Waals surface area contributed by atoms with Crippen molar-refractivity contribution in [1.29, 1.82) is 0 Å². The van der Waals surface area contributed by atoms with Crippen molar-refractivity contribution in [3.8, 4) is 5.75 Å². The number of ether oxygens (including phenoxy) is 1. The van der Waals surface area contributed by atoms with Crippen molar-refractivity contribution in [3.63, 3.8) is 0 Å². The lowest BCUT2D eigenvalue weighted by molar-refractivity contribution is -0.122. The summed E-state index contributed by atoms with van der Waals surface area (Å²) in [4.78, 5) is 26.6. The number of methoxy groups -OCH3 is 1. The van der Waals surface area contributed by atoms with Crippen molar-refractivity contribution in [3.05, 3.63) is 53.3 Å². The Hall–Kier alpha value is -2.89. The molecular formula is C20H21FN2O3. The first kappa shape index (κ1) is 17.9. The number of amides is 2. The first-order valence-electron chi connectivity index (χ1n) is 8.41. The summed E-state index contributed by atoms with van der Waals surface area (Å²) in [7, 11) is 1.55. The lowest BCUT2D eigenvalue weighted by atomic mass is 10.1. The summed E-state index contributed by atoms with van der Waals surface area (Å²) in [6.45, 7) is 3.94. The molecule has 2 amide bonds. The molecular weight excluding hydrogens is 335 g/mol. The molecule has 1 saturated heterocycles. The van der Waals surface area contributed by atoms with E-state index in [1.54, 1.807) is 18.9 Å². The number of anilines is 2. The molecule has 2 aromatic rings. The molecule has 0 aromatic heterocycles. The second kappa shape index (κ2) is 7.15. The zero-order valence-corrected chi connectivity index (χ0v) is 15.0. The predicted molar refractivity (Wildman–Crippen MR) is 98.0 cm³/mol. The highest BCUT2D eigenvalue weighted by molar-refractivity contribution is 6.04. The molecule has 1 aliphatic rings. The van der Waals surface area contributed by atoms with Gasteiger partial charge in [-0.05, 0) is 55.3 Å². The van der Waals surface area contributed by atoms with E-state index in [1.165, 1.54) is 18.2 Å². The molecule has 0 radical (unpaired) electrons. The van der Waals surface area contributed by atoms with Crippen LogP contribution < -0.4 is 15.0 Å². The third-order valence-corrected chi connectivity index (χ3v) is 4.57. The Balaban J connectivity index is 1.77. The Labute approximate surface area is 151 Å². The highest BCUT2D eigenvalue weighted by Gasteiger charge is 2.36. The minimum atomic E-state index is -0.475. The van der Waals surface area contributed by atoms with Gasteiger partial charge in [0.05, 0.1) is 18.7 Å². The molecule has 0 aliphatic carbocycles. The molecule has 2 aromatic carbocycles. The average molecular weight is 356 g/mol. The predicted octanol–water partition coefficient (Wildman–Crippen LogP) is 3.44. The van der Waals surface area contributed by atoms with Gasteiger partial charge in [-0.3, -0.25) is 9.59 Å². The topological polar surface area (TPSA) is 58.6 Å². The van der Waals surface area contributed by atoms with Crippen LogP contribution >= 0.6 is 0 Å². The maximum atomic E-state index is 13.2. The van der Waals surface area contributed by atoms with Crippen molar-refractivity contribution in [1.82, 2.24) is 0 Å². The van der Waals surface area contributed by atoms with Crippen LogP contribution in [0.15, 0.2) is 36.4 Å². The first-order valence-corrected chi connectivity index (χ1v) is 8.41. The SMILES string of the molecule is COc1ccc(C)cc1N1C[C@H](C(=O)Nc2ccc(F)cc2C)CC1=O. The summed E-state index contributed by atoms with van der Waals surface area (Å²) < 4.78 is 18.6. The third kappa shape index (κ3) is 3.54. The van der Waals surface area contributed by atoms with E-state index < -0.39 is 5.92 Å². The van der Waals surface area contributed by atoms with Crippen molar-refractivity contribution in [2.45, 2.75) is 20.3 Å². The van der Waals surface area contributed by atoms with Crippen LogP contribution in [-0.4, -0.2) is 25.5 Å². The maximum absolute atomic E-state index is 13.2. The van der Waals surface area contributed by atoms with Crippen molar-refractivity contribution >= 4 is 23.2 Å². The highest BCUT2D eigenvalue weighted by atomic mass is 19.1. The van der Waals surface area contributed by atoms with Crippen LogP contribution in [0.3, 0.4) is 0 Å². The maximum Gasteiger partial charge on any atom is 0.229 e. The van der Waals surface area contributed by atoms with Crippen LogP contribution in [0.25, 0.3) is 0 Å². The lowest BCUT2D eigenvalue weighted by Crippen LogP contribution is -2.28. The Morgan fingerprint density at radius 3 is 2.69 bits per heavy atom. The standard InChI is InChI=1S/C20H21FN2O3/c1-12-4-7-18(26-3)17(8-12)23-11-14(10-19(23)24)20(25)22-16-6-5-15(21)9-13(16)2/h4-9,14H,10-11H2,1-3H3,(H,22,25)/t14-/m1/s1. The zero-order valence-electron chi connectivity index (χ0n) is 15.0. The van der Waals surface area contributed by atoms with Crippen molar-refractivity contribution in [2.75, 3.05) is 23.9 Å². The minimum absolute atomic E-state index is 0.120. The van der Waals surface area contributed by atoms with Gasteiger partial charge in [-0.2, -0.15) is 0 Å². The van der Waals surface area contributed by atoms with Gasteiger partial charge in [0, 0.05) is 18.7 Å².